The van der Waals surface area contributed by atoms with Crippen molar-refractivity contribution < 1.29 is 9.47 Å². The highest BCUT2D eigenvalue weighted by Gasteiger charge is 2.31. The second-order valence-electron chi connectivity index (χ2n) is 4.98. The number of nitrogens with zero attached hydrogens (tertiary/aromatic N) is 2. The predicted molar refractivity (Wildman–Crippen MR) is 75.6 cm³/mol. The summed E-state index contributed by atoms with van der Waals surface area (Å²) < 4.78 is 10.6. The fraction of sp³-hybridized carbons (Fsp3) is 0.643. The molecule has 1 atom stereocenters. The first-order chi connectivity index (χ1) is 9.05. The van der Waals surface area contributed by atoms with Crippen LogP contribution in [0.2, 0.25) is 0 Å². The fourth-order valence-electron chi connectivity index (χ4n) is 1.94. The van der Waals surface area contributed by atoms with E-state index in [2.05, 4.69) is 16.8 Å². The third-order valence-electron chi connectivity index (χ3n) is 3.62. The molecule has 0 radical (unpaired) electrons. The fourth-order valence-corrected chi connectivity index (χ4v) is 1.94. The van der Waals surface area contributed by atoms with E-state index in [0.717, 1.165) is 12.2 Å². The molecule has 0 aliphatic rings. The van der Waals surface area contributed by atoms with Gasteiger partial charge in [0.05, 0.1) is 5.69 Å². The quantitative estimate of drug-likeness (QED) is 0.718. The Bertz CT molecular complexity index is 357. The number of likely N-dealkylation sites (N-methyl/N-ethyl adjacent to an activating group) is 1. The molecule has 1 rings (SSSR count). The zero-order valence-corrected chi connectivity index (χ0v) is 12.3. The van der Waals surface area contributed by atoms with E-state index in [1.165, 1.54) is 0 Å². The van der Waals surface area contributed by atoms with Gasteiger partial charge in [-0.2, -0.15) is 0 Å². The summed E-state index contributed by atoms with van der Waals surface area (Å²) in [7, 11) is 5.33. The number of nitrogens with two attached hydrogens (primary N) is 1. The number of methoxy groups -OCH3 is 2. The molecule has 1 unspecified atom stereocenters. The molecule has 0 saturated heterocycles. The Balaban J connectivity index is 2.71. The molecule has 5 nitrogen and oxygen atoms in total. The van der Waals surface area contributed by atoms with Gasteiger partial charge in [-0.3, -0.25) is 9.88 Å². The van der Waals surface area contributed by atoms with Gasteiger partial charge in [0.25, 0.3) is 0 Å². The van der Waals surface area contributed by atoms with Crippen LogP contribution in [-0.4, -0.2) is 49.5 Å². The summed E-state index contributed by atoms with van der Waals surface area (Å²) in [4.78, 5) is 6.54. The van der Waals surface area contributed by atoms with Gasteiger partial charge in [-0.25, -0.2) is 0 Å². The maximum absolute atomic E-state index is 5.95. The molecular weight excluding hydrogens is 242 g/mol. The zero-order valence-electron chi connectivity index (χ0n) is 12.3. The molecule has 0 saturated carbocycles. The third-order valence-corrected chi connectivity index (χ3v) is 3.62. The zero-order chi connectivity index (χ0) is 14.3. The van der Waals surface area contributed by atoms with E-state index >= 15 is 0 Å². The minimum absolute atomic E-state index is 0.200. The number of aromatic nitrogens is 1. The summed E-state index contributed by atoms with van der Waals surface area (Å²) in [6.45, 7) is 3.38. The van der Waals surface area contributed by atoms with Crippen LogP contribution in [0.4, 0.5) is 0 Å². The summed E-state index contributed by atoms with van der Waals surface area (Å²) >= 11 is 0. The molecular formula is C14H25N3O2. The minimum atomic E-state index is -0.250. The number of hydrogen-bond donors (Lipinski definition) is 1. The molecule has 0 fully saturated rings. The highest BCUT2D eigenvalue weighted by atomic mass is 16.7. The average Bonchev–Trinajstić information content (AvgIpc) is 2.45. The summed E-state index contributed by atoms with van der Waals surface area (Å²) in [6.07, 6.45) is 2.26. The van der Waals surface area contributed by atoms with Crippen molar-refractivity contribution in [3.8, 4) is 0 Å². The number of ether oxygens (including phenoxy) is 2. The van der Waals surface area contributed by atoms with E-state index in [-0.39, 0.29) is 11.8 Å². The van der Waals surface area contributed by atoms with E-state index in [1.807, 2.05) is 25.2 Å². The monoisotopic (exact) mass is 267 g/mol. The summed E-state index contributed by atoms with van der Waals surface area (Å²) in [5, 5.41) is 0. The summed E-state index contributed by atoms with van der Waals surface area (Å²) in [5.74, 6) is 0. The van der Waals surface area contributed by atoms with Gasteiger partial charge >= 0.3 is 0 Å². The second-order valence-corrected chi connectivity index (χ2v) is 4.98. The van der Waals surface area contributed by atoms with Crippen molar-refractivity contribution in [2.24, 2.45) is 5.73 Å². The molecule has 0 aliphatic heterocycles. The molecule has 2 N–H and O–H groups in total. The first-order valence-electron chi connectivity index (χ1n) is 6.42. The Hall–Kier alpha value is -1.01. The van der Waals surface area contributed by atoms with Gasteiger partial charge in [-0.05, 0) is 26.1 Å². The van der Waals surface area contributed by atoms with E-state index in [1.54, 1.807) is 20.4 Å². The van der Waals surface area contributed by atoms with E-state index < -0.39 is 0 Å². The lowest BCUT2D eigenvalue weighted by molar-refractivity contribution is -0.127. The van der Waals surface area contributed by atoms with Gasteiger partial charge in [0, 0.05) is 45.5 Å². The van der Waals surface area contributed by atoms with Crippen molar-refractivity contribution >= 4 is 0 Å². The van der Waals surface area contributed by atoms with E-state index in [0.29, 0.717) is 13.0 Å². The van der Waals surface area contributed by atoms with Crippen LogP contribution in [0.25, 0.3) is 0 Å². The second kappa shape index (κ2) is 7.55. The third kappa shape index (κ3) is 4.54. The summed E-state index contributed by atoms with van der Waals surface area (Å²) in [6, 6.07) is 5.91. The van der Waals surface area contributed by atoms with Gasteiger partial charge in [0.1, 0.15) is 0 Å². The molecule has 1 aromatic rings. The Kier molecular flexibility index (Phi) is 6.37. The maximum Gasteiger partial charge on any atom is 0.158 e. The van der Waals surface area contributed by atoms with Crippen molar-refractivity contribution in [2.75, 3.05) is 27.8 Å². The van der Waals surface area contributed by atoms with Crippen LogP contribution in [0.3, 0.4) is 0 Å². The molecule has 1 heterocycles. The first kappa shape index (κ1) is 16.0. The standard InChI is InChI=1S/C14H25N3O2/c1-14(11-15,9-13(18-3)19-4)17(2)10-12-7-5-6-8-16-12/h5-8,13H,9-11,15H2,1-4H3. The Morgan fingerprint density at radius 1 is 1.37 bits per heavy atom. The van der Waals surface area contributed by atoms with Crippen LogP contribution in [0.5, 0.6) is 0 Å². The van der Waals surface area contributed by atoms with Crippen LogP contribution in [0.1, 0.15) is 19.0 Å². The van der Waals surface area contributed by atoms with Crippen molar-refractivity contribution in [3.05, 3.63) is 30.1 Å². The van der Waals surface area contributed by atoms with Crippen LogP contribution < -0.4 is 5.73 Å². The molecule has 5 heteroatoms. The highest BCUT2D eigenvalue weighted by Crippen LogP contribution is 2.22. The van der Waals surface area contributed by atoms with Gasteiger partial charge in [-0.15, -0.1) is 0 Å². The molecule has 0 bridgehead atoms. The number of rotatable bonds is 8. The normalized spacial score (nSPS) is 14.9. The Morgan fingerprint density at radius 3 is 2.53 bits per heavy atom. The van der Waals surface area contributed by atoms with E-state index in [9.17, 15) is 0 Å². The van der Waals surface area contributed by atoms with Crippen molar-refractivity contribution in [1.29, 1.82) is 0 Å². The van der Waals surface area contributed by atoms with Crippen LogP contribution in [-0.2, 0) is 16.0 Å². The van der Waals surface area contributed by atoms with Gasteiger partial charge < -0.3 is 15.2 Å². The molecule has 1 aromatic heterocycles. The number of pyridine rings is 1. The van der Waals surface area contributed by atoms with Crippen LogP contribution in [0.15, 0.2) is 24.4 Å². The lowest BCUT2D eigenvalue weighted by Crippen LogP contribution is -2.51. The maximum atomic E-state index is 5.95. The van der Waals surface area contributed by atoms with Crippen LogP contribution >= 0.6 is 0 Å². The highest BCUT2D eigenvalue weighted by molar-refractivity contribution is 5.04. The molecule has 0 aliphatic carbocycles. The lowest BCUT2D eigenvalue weighted by atomic mass is 9.95. The smallest absolute Gasteiger partial charge is 0.158 e. The van der Waals surface area contributed by atoms with Crippen molar-refractivity contribution in [2.45, 2.75) is 31.7 Å². The van der Waals surface area contributed by atoms with Gasteiger partial charge in [0.15, 0.2) is 6.29 Å². The average molecular weight is 267 g/mol. The van der Waals surface area contributed by atoms with E-state index in [4.69, 9.17) is 15.2 Å². The van der Waals surface area contributed by atoms with Gasteiger partial charge in [0.2, 0.25) is 0 Å². The first-order valence-corrected chi connectivity index (χ1v) is 6.42. The van der Waals surface area contributed by atoms with Crippen molar-refractivity contribution in [1.82, 2.24) is 9.88 Å². The molecule has 0 aromatic carbocycles. The molecule has 0 spiro atoms. The summed E-state index contributed by atoms with van der Waals surface area (Å²) in [5.41, 5.74) is 6.77. The molecule has 0 amide bonds. The molecule has 108 valence electrons. The lowest BCUT2D eigenvalue weighted by Gasteiger charge is -2.39. The Morgan fingerprint density at radius 2 is 2.05 bits per heavy atom. The molecule has 19 heavy (non-hydrogen) atoms. The SMILES string of the molecule is COC(CC(C)(CN)N(C)Cc1ccccn1)OC. The topological polar surface area (TPSA) is 60.6 Å². The largest absolute Gasteiger partial charge is 0.356 e. The number of hydrogen-bond acceptors (Lipinski definition) is 5. The predicted octanol–water partition coefficient (Wildman–Crippen LogP) is 1.24. The minimum Gasteiger partial charge on any atom is -0.356 e. The Labute approximate surface area is 115 Å². The van der Waals surface area contributed by atoms with Crippen LogP contribution in [0, 0.1) is 0 Å². The van der Waals surface area contributed by atoms with Crippen molar-refractivity contribution in [3.63, 3.8) is 0 Å². The van der Waals surface area contributed by atoms with Gasteiger partial charge in [-0.1, -0.05) is 6.07 Å².